The van der Waals surface area contributed by atoms with Gasteiger partial charge in [-0.15, -0.1) is 0 Å². The molecule has 1 heterocycles. The number of anilines is 2. The van der Waals surface area contributed by atoms with Crippen LogP contribution in [0.15, 0.2) is 78.9 Å². The number of benzene rings is 3. The summed E-state index contributed by atoms with van der Waals surface area (Å²) >= 11 is 0. The largest absolute Gasteiger partial charge is 0.326 e. The molecule has 1 aliphatic heterocycles. The van der Waals surface area contributed by atoms with Crippen LogP contribution in [0.3, 0.4) is 0 Å². The Labute approximate surface area is 183 Å². The first-order valence-corrected chi connectivity index (χ1v) is 10.9. The summed E-state index contributed by atoms with van der Waals surface area (Å²) in [7, 11) is 0. The maximum absolute atomic E-state index is 13.2. The Bertz CT molecular complexity index is 1060. The molecule has 0 saturated carbocycles. The summed E-state index contributed by atoms with van der Waals surface area (Å²) in [5.74, 6) is 0.279. The van der Waals surface area contributed by atoms with Crippen LogP contribution < -0.4 is 10.2 Å². The highest BCUT2D eigenvalue weighted by Gasteiger charge is 2.34. The molecule has 0 bridgehead atoms. The van der Waals surface area contributed by atoms with Gasteiger partial charge in [0.05, 0.1) is 6.04 Å². The summed E-state index contributed by atoms with van der Waals surface area (Å²) in [5.41, 5.74) is 5.22. The molecule has 3 aromatic rings. The number of hydrogen-bond donors (Lipinski definition) is 1. The monoisotopic (exact) mass is 412 g/mol. The van der Waals surface area contributed by atoms with E-state index in [1.54, 1.807) is 0 Å². The zero-order valence-corrected chi connectivity index (χ0v) is 18.0. The summed E-state index contributed by atoms with van der Waals surface area (Å²) in [6.45, 7) is 4.27. The van der Waals surface area contributed by atoms with Crippen molar-refractivity contribution < 1.29 is 9.59 Å². The minimum absolute atomic E-state index is 0.0240. The van der Waals surface area contributed by atoms with Crippen molar-refractivity contribution in [3.05, 3.63) is 95.6 Å². The molecule has 158 valence electrons. The molecule has 4 nitrogen and oxygen atoms in total. The summed E-state index contributed by atoms with van der Waals surface area (Å²) in [6, 6.07) is 26.0. The van der Waals surface area contributed by atoms with Gasteiger partial charge < -0.3 is 10.2 Å². The van der Waals surface area contributed by atoms with Gasteiger partial charge in [0.25, 0.3) is 0 Å². The number of hydrogen-bond acceptors (Lipinski definition) is 2. The Morgan fingerprint density at radius 3 is 2.29 bits per heavy atom. The van der Waals surface area contributed by atoms with Crippen LogP contribution in [0.2, 0.25) is 0 Å². The van der Waals surface area contributed by atoms with Gasteiger partial charge in [-0.25, -0.2) is 0 Å². The summed E-state index contributed by atoms with van der Waals surface area (Å²) in [6.07, 6.45) is 1.12. The van der Waals surface area contributed by atoms with Crippen molar-refractivity contribution >= 4 is 23.2 Å². The van der Waals surface area contributed by atoms with E-state index >= 15 is 0 Å². The first kappa shape index (κ1) is 20.9. The fraction of sp³-hybridized carbons (Fsp3) is 0.259. The minimum Gasteiger partial charge on any atom is -0.326 e. The Hall–Kier alpha value is -3.40. The lowest BCUT2D eigenvalue weighted by molar-refractivity contribution is -0.122. The molecule has 4 rings (SSSR count). The van der Waals surface area contributed by atoms with E-state index in [2.05, 4.69) is 37.4 Å². The smallest absolute Gasteiger partial charge is 0.228 e. The molecule has 0 saturated heterocycles. The number of rotatable bonds is 6. The van der Waals surface area contributed by atoms with Crippen LogP contribution in [0.4, 0.5) is 11.4 Å². The predicted octanol–water partition coefficient (Wildman–Crippen LogP) is 5.86. The van der Waals surface area contributed by atoms with E-state index in [0.29, 0.717) is 5.92 Å². The zero-order chi connectivity index (χ0) is 21.8. The van der Waals surface area contributed by atoms with E-state index in [0.717, 1.165) is 23.4 Å². The predicted molar refractivity (Wildman–Crippen MR) is 125 cm³/mol. The van der Waals surface area contributed by atoms with Gasteiger partial charge in [-0.3, -0.25) is 9.59 Å². The first-order valence-electron chi connectivity index (χ1n) is 10.9. The Balaban J connectivity index is 1.43. The summed E-state index contributed by atoms with van der Waals surface area (Å²) in [4.78, 5) is 27.6. The molecule has 31 heavy (non-hydrogen) atoms. The Kier molecular flexibility index (Phi) is 6.17. The second kappa shape index (κ2) is 9.17. The number of para-hydroxylation sites is 1. The quantitative estimate of drug-likeness (QED) is 0.551. The van der Waals surface area contributed by atoms with E-state index in [4.69, 9.17) is 0 Å². The highest BCUT2D eigenvalue weighted by atomic mass is 16.2. The lowest BCUT2D eigenvalue weighted by atomic mass is 10.0. The van der Waals surface area contributed by atoms with Crippen LogP contribution in [0.5, 0.6) is 0 Å². The minimum atomic E-state index is -0.144. The molecular formula is C27H28N2O2. The van der Waals surface area contributed by atoms with E-state index in [1.807, 2.05) is 65.6 Å². The normalized spacial score (nSPS) is 15.1. The average molecular weight is 413 g/mol. The van der Waals surface area contributed by atoms with Gasteiger partial charge in [0.15, 0.2) is 0 Å². The SMILES string of the molecule is CC(C)c1ccc(NC(=O)CCC(=O)N2c3ccccc3CC2c2ccccc2)cc1. The third kappa shape index (κ3) is 4.69. The fourth-order valence-electron chi connectivity index (χ4n) is 4.15. The molecular weight excluding hydrogens is 384 g/mol. The van der Waals surface area contributed by atoms with Crippen LogP contribution in [-0.4, -0.2) is 11.8 Å². The van der Waals surface area contributed by atoms with Gasteiger partial charge in [-0.05, 0) is 47.2 Å². The highest BCUT2D eigenvalue weighted by molar-refractivity contribution is 6.00. The number of nitrogens with one attached hydrogen (secondary N) is 1. The lowest BCUT2D eigenvalue weighted by Gasteiger charge is -2.26. The number of nitrogens with zero attached hydrogens (tertiary/aromatic N) is 1. The number of amides is 2. The van der Waals surface area contributed by atoms with Crippen molar-refractivity contribution in [1.82, 2.24) is 0 Å². The number of carbonyl (C=O) groups is 2. The van der Waals surface area contributed by atoms with Crippen LogP contribution in [0, 0.1) is 0 Å². The van der Waals surface area contributed by atoms with Crippen molar-refractivity contribution in [2.45, 2.75) is 45.1 Å². The maximum Gasteiger partial charge on any atom is 0.228 e. The fourth-order valence-corrected chi connectivity index (χ4v) is 4.15. The standard InChI is InChI=1S/C27H28N2O2/c1-19(2)20-12-14-23(15-13-20)28-26(30)16-17-27(31)29-24-11-7-6-10-22(24)18-25(29)21-8-4-3-5-9-21/h3-15,19,25H,16-18H2,1-2H3,(H,28,30). The number of fused-ring (bicyclic) bond motifs is 1. The highest BCUT2D eigenvalue weighted by Crippen LogP contribution is 2.40. The molecule has 0 spiro atoms. The molecule has 1 N–H and O–H groups in total. The third-order valence-corrected chi connectivity index (χ3v) is 5.86. The molecule has 3 aromatic carbocycles. The second-order valence-corrected chi connectivity index (χ2v) is 8.35. The van der Waals surface area contributed by atoms with Gasteiger partial charge >= 0.3 is 0 Å². The van der Waals surface area contributed by atoms with Crippen molar-refractivity contribution in [1.29, 1.82) is 0 Å². The molecule has 1 aliphatic rings. The molecule has 0 aliphatic carbocycles. The van der Waals surface area contributed by atoms with E-state index in [9.17, 15) is 9.59 Å². The van der Waals surface area contributed by atoms with Crippen molar-refractivity contribution in [2.75, 3.05) is 10.2 Å². The van der Waals surface area contributed by atoms with Crippen LogP contribution in [-0.2, 0) is 16.0 Å². The van der Waals surface area contributed by atoms with E-state index in [1.165, 1.54) is 11.1 Å². The van der Waals surface area contributed by atoms with Crippen LogP contribution >= 0.6 is 0 Å². The molecule has 0 radical (unpaired) electrons. The summed E-state index contributed by atoms with van der Waals surface area (Å²) < 4.78 is 0. The first-order chi connectivity index (χ1) is 15.0. The maximum atomic E-state index is 13.2. The topological polar surface area (TPSA) is 49.4 Å². The Morgan fingerprint density at radius 1 is 0.903 bits per heavy atom. The lowest BCUT2D eigenvalue weighted by Crippen LogP contribution is -2.32. The number of carbonyl (C=O) groups excluding carboxylic acids is 2. The van der Waals surface area contributed by atoms with Gasteiger partial charge in [0.2, 0.25) is 11.8 Å². The van der Waals surface area contributed by atoms with Crippen molar-refractivity contribution in [3.63, 3.8) is 0 Å². The van der Waals surface area contributed by atoms with E-state index in [-0.39, 0.29) is 30.7 Å². The molecule has 4 heteroatoms. The van der Waals surface area contributed by atoms with Crippen LogP contribution in [0.25, 0.3) is 0 Å². The average Bonchev–Trinajstić information content (AvgIpc) is 3.18. The molecule has 1 unspecified atom stereocenters. The van der Waals surface area contributed by atoms with Gasteiger partial charge in [-0.1, -0.05) is 74.5 Å². The van der Waals surface area contributed by atoms with Gasteiger partial charge in [-0.2, -0.15) is 0 Å². The zero-order valence-electron chi connectivity index (χ0n) is 18.0. The molecule has 0 fully saturated rings. The summed E-state index contributed by atoms with van der Waals surface area (Å²) in [5, 5.41) is 2.91. The Morgan fingerprint density at radius 2 is 1.58 bits per heavy atom. The molecule has 2 amide bonds. The van der Waals surface area contributed by atoms with Crippen LogP contribution in [0.1, 0.15) is 55.3 Å². The van der Waals surface area contributed by atoms with Gasteiger partial charge in [0, 0.05) is 24.2 Å². The third-order valence-electron chi connectivity index (χ3n) is 5.86. The van der Waals surface area contributed by atoms with Crippen molar-refractivity contribution in [3.8, 4) is 0 Å². The van der Waals surface area contributed by atoms with Crippen molar-refractivity contribution in [2.24, 2.45) is 0 Å². The molecule has 1 atom stereocenters. The van der Waals surface area contributed by atoms with E-state index < -0.39 is 0 Å². The second-order valence-electron chi connectivity index (χ2n) is 8.35. The molecule has 0 aromatic heterocycles. The van der Waals surface area contributed by atoms with Gasteiger partial charge in [0.1, 0.15) is 0 Å².